The zero-order valence-electron chi connectivity index (χ0n) is 9.65. The van der Waals surface area contributed by atoms with Crippen LogP contribution in [0.5, 0.6) is 0 Å². The molecule has 0 unspecified atom stereocenters. The van der Waals surface area contributed by atoms with Gasteiger partial charge in [0.05, 0.1) is 11.3 Å². The third-order valence-corrected chi connectivity index (χ3v) is 2.48. The van der Waals surface area contributed by atoms with Gasteiger partial charge in [-0.3, -0.25) is 0 Å². The lowest BCUT2D eigenvalue weighted by Gasteiger charge is -2.04. The van der Waals surface area contributed by atoms with Crippen LogP contribution in [0.3, 0.4) is 0 Å². The summed E-state index contributed by atoms with van der Waals surface area (Å²) in [6.45, 7) is 0.558. The molecule has 1 aromatic heterocycles. The molecule has 0 radical (unpaired) electrons. The second-order valence-electron chi connectivity index (χ2n) is 3.75. The van der Waals surface area contributed by atoms with Crippen LogP contribution < -0.4 is 5.73 Å². The van der Waals surface area contributed by atoms with Crippen molar-refractivity contribution in [1.82, 2.24) is 20.2 Å². The highest BCUT2D eigenvalue weighted by atomic mass is 16.4. The van der Waals surface area contributed by atoms with Crippen LogP contribution in [0.1, 0.15) is 22.6 Å². The van der Waals surface area contributed by atoms with Crippen LogP contribution in [0.4, 0.5) is 0 Å². The van der Waals surface area contributed by atoms with E-state index in [1.807, 2.05) is 0 Å². The van der Waals surface area contributed by atoms with Crippen LogP contribution in [-0.2, 0) is 6.42 Å². The number of carbonyl (C=O) groups is 1. The first-order valence-electron chi connectivity index (χ1n) is 5.53. The van der Waals surface area contributed by atoms with Crippen LogP contribution >= 0.6 is 0 Å². The van der Waals surface area contributed by atoms with Crippen LogP contribution in [-0.4, -0.2) is 37.8 Å². The van der Waals surface area contributed by atoms with Crippen molar-refractivity contribution < 1.29 is 9.90 Å². The van der Waals surface area contributed by atoms with Gasteiger partial charge in [0.15, 0.2) is 5.82 Å². The van der Waals surface area contributed by atoms with Crippen molar-refractivity contribution in [3.05, 3.63) is 35.7 Å². The minimum absolute atomic E-state index is 0.202. The molecule has 7 nitrogen and oxygen atoms in total. The highest BCUT2D eigenvalue weighted by Crippen LogP contribution is 2.11. The Bertz CT molecular complexity index is 552. The number of carboxylic acids is 1. The van der Waals surface area contributed by atoms with Crippen molar-refractivity contribution >= 4 is 5.97 Å². The van der Waals surface area contributed by atoms with Crippen molar-refractivity contribution in [2.45, 2.75) is 12.8 Å². The topological polar surface area (TPSA) is 107 Å². The van der Waals surface area contributed by atoms with E-state index in [4.69, 9.17) is 10.8 Å². The maximum atomic E-state index is 10.9. The molecule has 0 amide bonds. The van der Waals surface area contributed by atoms with E-state index < -0.39 is 5.97 Å². The molecule has 0 aliphatic carbocycles. The first kappa shape index (κ1) is 12.2. The molecule has 0 saturated carbocycles. The van der Waals surface area contributed by atoms with Crippen molar-refractivity contribution in [1.29, 1.82) is 0 Å². The van der Waals surface area contributed by atoms with E-state index in [-0.39, 0.29) is 5.56 Å². The number of carboxylic acid groups (broad SMARTS) is 1. The average molecular weight is 247 g/mol. The lowest BCUT2D eigenvalue weighted by molar-refractivity contribution is 0.0697. The number of tetrazole rings is 1. The van der Waals surface area contributed by atoms with Gasteiger partial charge in [0, 0.05) is 6.42 Å². The molecular weight excluding hydrogens is 234 g/mol. The summed E-state index contributed by atoms with van der Waals surface area (Å²) >= 11 is 0. The molecule has 0 saturated heterocycles. The van der Waals surface area contributed by atoms with E-state index >= 15 is 0 Å². The summed E-state index contributed by atoms with van der Waals surface area (Å²) in [5.74, 6) is -0.309. The normalized spacial score (nSPS) is 10.5. The summed E-state index contributed by atoms with van der Waals surface area (Å²) in [5, 5.41) is 20.3. The maximum absolute atomic E-state index is 10.9. The number of aromatic nitrogens is 4. The molecule has 1 aromatic carbocycles. The number of aromatic carboxylic acids is 1. The van der Waals surface area contributed by atoms with Gasteiger partial charge < -0.3 is 10.8 Å². The smallest absolute Gasteiger partial charge is 0.335 e. The Morgan fingerprint density at radius 1 is 1.44 bits per heavy atom. The van der Waals surface area contributed by atoms with Crippen LogP contribution in [0.25, 0.3) is 5.69 Å². The van der Waals surface area contributed by atoms with E-state index in [0.717, 1.165) is 6.42 Å². The SMILES string of the molecule is NCCCc1nnnn1-c1cccc(C(=O)O)c1. The van der Waals surface area contributed by atoms with Crippen molar-refractivity contribution in [2.75, 3.05) is 6.54 Å². The average Bonchev–Trinajstić information content (AvgIpc) is 2.84. The number of hydrogen-bond donors (Lipinski definition) is 2. The third kappa shape index (κ3) is 2.51. The molecule has 1 heterocycles. The van der Waals surface area contributed by atoms with E-state index in [1.165, 1.54) is 16.8 Å². The van der Waals surface area contributed by atoms with Crippen molar-refractivity contribution in [3.8, 4) is 5.69 Å². The first-order valence-corrected chi connectivity index (χ1v) is 5.53. The van der Waals surface area contributed by atoms with Crippen LogP contribution in [0.2, 0.25) is 0 Å². The lowest BCUT2D eigenvalue weighted by atomic mass is 10.2. The van der Waals surface area contributed by atoms with Gasteiger partial charge in [-0.2, -0.15) is 4.68 Å². The highest BCUT2D eigenvalue weighted by Gasteiger charge is 2.10. The quantitative estimate of drug-likeness (QED) is 0.784. The van der Waals surface area contributed by atoms with Gasteiger partial charge >= 0.3 is 5.97 Å². The Morgan fingerprint density at radius 3 is 3.00 bits per heavy atom. The summed E-state index contributed by atoms with van der Waals surface area (Å²) in [6.07, 6.45) is 1.43. The van der Waals surface area contributed by atoms with Crippen LogP contribution in [0.15, 0.2) is 24.3 Å². The fourth-order valence-corrected chi connectivity index (χ4v) is 1.59. The minimum atomic E-state index is -0.978. The van der Waals surface area contributed by atoms with Gasteiger partial charge in [0.1, 0.15) is 0 Å². The van der Waals surface area contributed by atoms with E-state index in [2.05, 4.69) is 15.5 Å². The largest absolute Gasteiger partial charge is 0.478 e. The summed E-state index contributed by atoms with van der Waals surface area (Å²) in [7, 11) is 0. The second kappa shape index (κ2) is 5.37. The zero-order valence-corrected chi connectivity index (χ0v) is 9.65. The van der Waals surface area contributed by atoms with Gasteiger partial charge in [0.25, 0.3) is 0 Å². The molecule has 2 rings (SSSR count). The summed E-state index contributed by atoms with van der Waals surface area (Å²) in [6, 6.07) is 6.47. The Balaban J connectivity index is 2.33. The lowest BCUT2D eigenvalue weighted by Crippen LogP contribution is -2.08. The fraction of sp³-hybridized carbons (Fsp3) is 0.273. The Kier molecular flexibility index (Phi) is 3.63. The molecular formula is C11H13N5O2. The van der Waals surface area contributed by atoms with Crippen LogP contribution in [0, 0.1) is 0 Å². The molecule has 94 valence electrons. The van der Waals surface area contributed by atoms with Gasteiger partial charge in [0.2, 0.25) is 0 Å². The Hall–Kier alpha value is -2.28. The van der Waals surface area contributed by atoms with E-state index in [0.29, 0.717) is 24.5 Å². The predicted molar refractivity (Wildman–Crippen MR) is 63.5 cm³/mol. The van der Waals surface area contributed by atoms with E-state index in [1.54, 1.807) is 12.1 Å². The Morgan fingerprint density at radius 2 is 2.28 bits per heavy atom. The van der Waals surface area contributed by atoms with Gasteiger partial charge in [-0.25, -0.2) is 4.79 Å². The van der Waals surface area contributed by atoms with Gasteiger partial charge in [-0.1, -0.05) is 6.07 Å². The number of rotatable bonds is 5. The molecule has 18 heavy (non-hydrogen) atoms. The molecule has 2 aromatic rings. The molecule has 0 bridgehead atoms. The molecule has 0 aliphatic heterocycles. The first-order chi connectivity index (χ1) is 8.72. The molecule has 0 aliphatic rings. The number of hydrogen-bond acceptors (Lipinski definition) is 5. The molecule has 7 heteroatoms. The molecule has 0 spiro atoms. The maximum Gasteiger partial charge on any atom is 0.335 e. The summed E-state index contributed by atoms with van der Waals surface area (Å²) in [5.41, 5.74) is 6.28. The van der Waals surface area contributed by atoms with Crippen molar-refractivity contribution in [2.24, 2.45) is 5.73 Å². The number of nitrogens with two attached hydrogens (primary N) is 1. The standard InChI is InChI=1S/C11H13N5O2/c12-6-2-5-10-13-14-15-16(10)9-4-1-3-8(7-9)11(17)18/h1,3-4,7H,2,5-6,12H2,(H,17,18). The van der Waals surface area contributed by atoms with Gasteiger partial charge in [-0.05, 0) is 41.6 Å². The third-order valence-electron chi connectivity index (χ3n) is 2.48. The zero-order chi connectivity index (χ0) is 13.0. The predicted octanol–water partition coefficient (Wildman–Crippen LogP) is 0.252. The molecule has 0 fully saturated rings. The number of aryl methyl sites for hydroxylation is 1. The van der Waals surface area contributed by atoms with Crippen molar-refractivity contribution in [3.63, 3.8) is 0 Å². The Labute approximate surface area is 103 Å². The van der Waals surface area contributed by atoms with E-state index in [9.17, 15) is 4.79 Å². The highest BCUT2D eigenvalue weighted by molar-refractivity contribution is 5.88. The second-order valence-corrected chi connectivity index (χ2v) is 3.75. The van der Waals surface area contributed by atoms with Gasteiger partial charge in [-0.15, -0.1) is 5.10 Å². The molecule has 3 N–H and O–H groups in total. The monoisotopic (exact) mass is 247 g/mol. The number of benzene rings is 1. The summed E-state index contributed by atoms with van der Waals surface area (Å²) < 4.78 is 1.53. The summed E-state index contributed by atoms with van der Waals surface area (Å²) in [4.78, 5) is 10.9. The molecule has 0 atom stereocenters. The fourth-order valence-electron chi connectivity index (χ4n) is 1.59. The minimum Gasteiger partial charge on any atom is -0.478 e. The number of nitrogens with zero attached hydrogens (tertiary/aromatic N) is 4.